The van der Waals surface area contributed by atoms with Crippen LogP contribution in [0.25, 0.3) is 0 Å². The monoisotopic (exact) mass is 330 g/mol. The standard InChI is InChI=1S/C22H18O3/c23-16-12-10-15(11-13-16)20-18-9-5-4-8-17(18)19(21(20)22(24)25)14-6-2-1-3-7-14/h1-13,19-21,23H,(H,24,25). The van der Waals surface area contributed by atoms with Crippen LogP contribution in [0.2, 0.25) is 0 Å². The van der Waals surface area contributed by atoms with E-state index < -0.39 is 11.9 Å². The Hall–Kier alpha value is -3.07. The molecule has 0 spiro atoms. The fourth-order valence-corrected chi connectivity index (χ4v) is 4.06. The number of hydrogen-bond donors (Lipinski definition) is 2. The summed E-state index contributed by atoms with van der Waals surface area (Å²) in [6, 6.07) is 24.7. The summed E-state index contributed by atoms with van der Waals surface area (Å²) < 4.78 is 0. The van der Waals surface area contributed by atoms with Gasteiger partial charge in [-0.05, 0) is 34.4 Å². The average Bonchev–Trinajstić information content (AvgIpc) is 2.99. The molecular formula is C22H18O3. The average molecular weight is 330 g/mol. The Morgan fingerprint density at radius 3 is 1.68 bits per heavy atom. The maximum Gasteiger partial charge on any atom is 0.308 e. The number of phenols is 1. The molecule has 124 valence electrons. The van der Waals surface area contributed by atoms with E-state index in [-0.39, 0.29) is 17.6 Å². The van der Waals surface area contributed by atoms with E-state index >= 15 is 0 Å². The zero-order valence-electron chi connectivity index (χ0n) is 13.5. The third-order valence-corrected chi connectivity index (χ3v) is 5.08. The molecular weight excluding hydrogens is 312 g/mol. The van der Waals surface area contributed by atoms with Crippen molar-refractivity contribution in [1.29, 1.82) is 0 Å². The van der Waals surface area contributed by atoms with E-state index in [0.717, 1.165) is 22.3 Å². The molecule has 0 saturated heterocycles. The van der Waals surface area contributed by atoms with Gasteiger partial charge in [-0.2, -0.15) is 0 Å². The van der Waals surface area contributed by atoms with E-state index in [0.29, 0.717) is 0 Å². The number of carboxylic acids is 1. The Balaban J connectivity index is 1.92. The second kappa shape index (κ2) is 6.10. The zero-order valence-corrected chi connectivity index (χ0v) is 13.5. The summed E-state index contributed by atoms with van der Waals surface area (Å²) in [5.74, 6) is -1.62. The molecule has 0 aliphatic heterocycles. The summed E-state index contributed by atoms with van der Waals surface area (Å²) in [7, 11) is 0. The summed E-state index contributed by atoms with van der Waals surface area (Å²) >= 11 is 0. The lowest BCUT2D eigenvalue weighted by Gasteiger charge is -2.22. The van der Waals surface area contributed by atoms with Crippen molar-refractivity contribution >= 4 is 5.97 Å². The Bertz CT molecular complexity index is 900. The first kappa shape index (κ1) is 15.5. The molecule has 0 bridgehead atoms. The first-order valence-corrected chi connectivity index (χ1v) is 8.32. The fourth-order valence-electron chi connectivity index (χ4n) is 4.06. The molecule has 0 amide bonds. The molecule has 0 aromatic heterocycles. The minimum atomic E-state index is -0.803. The summed E-state index contributed by atoms with van der Waals surface area (Å²) in [4.78, 5) is 12.3. The molecule has 0 heterocycles. The van der Waals surface area contributed by atoms with Crippen LogP contribution in [0.4, 0.5) is 0 Å². The van der Waals surface area contributed by atoms with Gasteiger partial charge in [0.05, 0.1) is 5.92 Å². The van der Waals surface area contributed by atoms with Crippen molar-refractivity contribution in [3.63, 3.8) is 0 Å². The lowest BCUT2D eigenvalue weighted by molar-refractivity contribution is -0.142. The van der Waals surface area contributed by atoms with E-state index in [1.165, 1.54) is 0 Å². The van der Waals surface area contributed by atoms with Crippen LogP contribution >= 0.6 is 0 Å². The van der Waals surface area contributed by atoms with Gasteiger partial charge in [-0.15, -0.1) is 0 Å². The van der Waals surface area contributed by atoms with Crippen molar-refractivity contribution in [3.8, 4) is 5.75 Å². The van der Waals surface area contributed by atoms with Gasteiger partial charge in [0, 0.05) is 11.8 Å². The van der Waals surface area contributed by atoms with Crippen molar-refractivity contribution in [2.45, 2.75) is 11.8 Å². The Kier molecular flexibility index (Phi) is 3.77. The Morgan fingerprint density at radius 1 is 0.680 bits per heavy atom. The first-order chi connectivity index (χ1) is 12.2. The van der Waals surface area contributed by atoms with Gasteiger partial charge in [-0.1, -0.05) is 66.7 Å². The van der Waals surface area contributed by atoms with Gasteiger partial charge in [-0.25, -0.2) is 0 Å². The minimum Gasteiger partial charge on any atom is -0.508 e. The molecule has 3 atom stereocenters. The second-order valence-corrected chi connectivity index (χ2v) is 6.45. The molecule has 0 fully saturated rings. The highest BCUT2D eigenvalue weighted by Gasteiger charge is 2.46. The maximum atomic E-state index is 12.3. The quantitative estimate of drug-likeness (QED) is 0.750. The zero-order chi connectivity index (χ0) is 17.4. The number of rotatable bonds is 3. The van der Waals surface area contributed by atoms with E-state index in [9.17, 15) is 15.0 Å². The summed E-state index contributed by atoms with van der Waals surface area (Å²) in [5, 5.41) is 19.6. The molecule has 4 rings (SSSR count). The van der Waals surface area contributed by atoms with Crippen molar-refractivity contribution in [2.24, 2.45) is 5.92 Å². The van der Waals surface area contributed by atoms with E-state index in [1.54, 1.807) is 12.1 Å². The second-order valence-electron chi connectivity index (χ2n) is 6.45. The van der Waals surface area contributed by atoms with Gasteiger partial charge >= 0.3 is 5.97 Å². The summed E-state index contributed by atoms with van der Waals surface area (Å²) in [5.41, 5.74) is 4.05. The lowest BCUT2D eigenvalue weighted by atomic mass is 9.80. The van der Waals surface area contributed by atoms with Gasteiger partial charge in [0.1, 0.15) is 5.75 Å². The van der Waals surface area contributed by atoms with Crippen molar-refractivity contribution in [3.05, 3.63) is 101 Å². The molecule has 3 unspecified atom stereocenters. The van der Waals surface area contributed by atoms with E-state index in [4.69, 9.17) is 0 Å². The summed E-state index contributed by atoms with van der Waals surface area (Å²) in [6.07, 6.45) is 0. The van der Waals surface area contributed by atoms with Crippen LogP contribution in [0.3, 0.4) is 0 Å². The molecule has 1 aliphatic carbocycles. The predicted octanol–water partition coefficient (Wildman–Crippen LogP) is 4.37. The maximum absolute atomic E-state index is 12.3. The van der Waals surface area contributed by atoms with Crippen molar-refractivity contribution in [1.82, 2.24) is 0 Å². The highest BCUT2D eigenvalue weighted by molar-refractivity contribution is 5.77. The third-order valence-electron chi connectivity index (χ3n) is 5.08. The minimum absolute atomic E-state index is 0.182. The molecule has 25 heavy (non-hydrogen) atoms. The van der Waals surface area contributed by atoms with Crippen LogP contribution in [-0.2, 0) is 4.79 Å². The number of aliphatic carboxylic acids is 1. The van der Waals surface area contributed by atoms with E-state index in [1.807, 2.05) is 66.7 Å². The van der Waals surface area contributed by atoms with Crippen LogP contribution in [0.5, 0.6) is 5.75 Å². The fraction of sp³-hybridized carbons (Fsp3) is 0.136. The molecule has 3 nitrogen and oxygen atoms in total. The summed E-state index contributed by atoms with van der Waals surface area (Å²) in [6.45, 7) is 0. The number of aromatic hydroxyl groups is 1. The SMILES string of the molecule is O=C(O)C1C(c2ccccc2)c2ccccc2C1c1ccc(O)cc1. The molecule has 0 radical (unpaired) electrons. The predicted molar refractivity (Wildman–Crippen MR) is 95.8 cm³/mol. The molecule has 1 aliphatic rings. The molecule has 0 saturated carbocycles. The highest BCUT2D eigenvalue weighted by atomic mass is 16.4. The number of hydrogen-bond acceptors (Lipinski definition) is 2. The van der Waals surface area contributed by atoms with Crippen LogP contribution in [-0.4, -0.2) is 16.2 Å². The van der Waals surface area contributed by atoms with Gasteiger partial charge in [-0.3, -0.25) is 4.79 Å². The normalized spacial score (nSPS) is 21.7. The number of fused-ring (bicyclic) bond motifs is 1. The molecule has 2 N–H and O–H groups in total. The van der Waals surface area contributed by atoms with Crippen LogP contribution < -0.4 is 0 Å². The van der Waals surface area contributed by atoms with Gasteiger partial charge in [0.2, 0.25) is 0 Å². The number of phenolic OH excluding ortho intramolecular Hbond substituents is 1. The van der Waals surface area contributed by atoms with Gasteiger partial charge in [0.25, 0.3) is 0 Å². The molecule has 3 aromatic rings. The van der Waals surface area contributed by atoms with Crippen molar-refractivity contribution < 1.29 is 15.0 Å². The number of carboxylic acid groups (broad SMARTS) is 1. The third kappa shape index (κ3) is 2.58. The first-order valence-electron chi connectivity index (χ1n) is 8.32. The van der Waals surface area contributed by atoms with E-state index in [2.05, 4.69) is 0 Å². The van der Waals surface area contributed by atoms with Crippen LogP contribution in [0.15, 0.2) is 78.9 Å². The largest absolute Gasteiger partial charge is 0.508 e. The Morgan fingerprint density at radius 2 is 1.16 bits per heavy atom. The number of carbonyl (C=O) groups is 1. The van der Waals surface area contributed by atoms with Gasteiger partial charge < -0.3 is 10.2 Å². The smallest absolute Gasteiger partial charge is 0.308 e. The lowest BCUT2D eigenvalue weighted by Crippen LogP contribution is -2.23. The van der Waals surface area contributed by atoms with Crippen LogP contribution in [0.1, 0.15) is 34.1 Å². The highest BCUT2D eigenvalue weighted by Crippen LogP contribution is 2.52. The van der Waals surface area contributed by atoms with Crippen molar-refractivity contribution in [2.75, 3.05) is 0 Å². The van der Waals surface area contributed by atoms with Crippen LogP contribution in [0, 0.1) is 5.92 Å². The number of benzene rings is 3. The topological polar surface area (TPSA) is 57.5 Å². The molecule has 3 aromatic carbocycles. The molecule has 3 heteroatoms. The van der Waals surface area contributed by atoms with Gasteiger partial charge in [0.15, 0.2) is 0 Å². The Labute approximate surface area is 146 Å².